The number of nitrogens with one attached hydrogen (secondary N) is 1. The molecule has 1 aliphatic rings. The first-order valence-electron chi connectivity index (χ1n) is 6.94. The van der Waals surface area contributed by atoms with Crippen LogP contribution < -0.4 is 9.64 Å². The zero-order valence-electron chi connectivity index (χ0n) is 11.8. The van der Waals surface area contributed by atoms with Gasteiger partial charge in [-0.2, -0.15) is 0 Å². The van der Waals surface area contributed by atoms with Gasteiger partial charge < -0.3 is 19.5 Å². The van der Waals surface area contributed by atoms with Gasteiger partial charge in [-0.05, 0) is 37.1 Å². The van der Waals surface area contributed by atoms with Crippen LogP contribution in [0.4, 0.5) is 0 Å². The molecule has 4 heteroatoms. The van der Waals surface area contributed by atoms with Crippen molar-refractivity contribution in [3.8, 4) is 5.75 Å². The number of morpholine rings is 1. The van der Waals surface area contributed by atoms with Crippen molar-refractivity contribution in [2.24, 2.45) is 0 Å². The Labute approximate surface area is 114 Å². The fourth-order valence-electron chi connectivity index (χ4n) is 2.25. The number of quaternary nitrogens is 1. The van der Waals surface area contributed by atoms with E-state index in [-0.39, 0.29) is 0 Å². The molecule has 1 aromatic carbocycles. The molecule has 1 saturated heterocycles. The Balaban J connectivity index is 1.75. The lowest BCUT2D eigenvalue weighted by Crippen LogP contribution is -3.15. The summed E-state index contributed by atoms with van der Waals surface area (Å²) < 4.78 is 11.0. The molecule has 0 aliphatic carbocycles. The van der Waals surface area contributed by atoms with Crippen LogP contribution in [0.5, 0.6) is 5.75 Å². The molecule has 0 amide bonds. The van der Waals surface area contributed by atoms with E-state index in [0.717, 1.165) is 38.6 Å². The van der Waals surface area contributed by atoms with Crippen molar-refractivity contribution >= 4 is 0 Å². The minimum absolute atomic E-state index is 0.354. The molecule has 0 aromatic heterocycles. The second kappa shape index (κ2) is 6.89. The summed E-state index contributed by atoms with van der Waals surface area (Å²) in [6.07, 6.45) is -0.422. The summed E-state index contributed by atoms with van der Waals surface area (Å²) in [7, 11) is 0. The van der Waals surface area contributed by atoms with Gasteiger partial charge in [-0.3, -0.25) is 0 Å². The van der Waals surface area contributed by atoms with Crippen LogP contribution >= 0.6 is 0 Å². The smallest absolute Gasteiger partial charge is 0.137 e. The molecule has 4 nitrogen and oxygen atoms in total. The Morgan fingerprint density at radius 1 is 1.26 bits per heavy atom. The lowest BCUT2D eigenvalue weighted by atomic mass is 10.1. The number of aliphatic hydroxyl groups excluding tert-OH is 1. The Kier molecular flexibility index (Phi) is 5.19. The van der Waals surface area contributed by atoms with Gasteiger partial charge in [0.15, 0.2) is 0 Å². The molecular weight excluding hydrogens is 242 g/mol. The molecule has 1 atom stereocenters. The molecule has 1 heterocycles. The maximum Gasteiger partial charge on any atom is 0.137 e. The Morgan fingerprint density at radius 2 is 2.00 bits per heavy atom. The van der Waals surface area contributed by atoms with E-state index in [1.54, 1.807) is 0 Å². The summed E-state index contributed by atoms with van der Waals surface area (Å²) in [6, 6.07) is 6.02. The van der Waals surface area contributed by atoms with Gasteiger partial charge in [0.05, 0.1) is 13.2 Å². The SMILES string of the molecule is Cc1ccc(OC[C@@H](O)C[NH+]2CCOCC2)cc1C. The highest BCUT2D eigenvalue weighted by Gasteiger charge is 2.18. The van der Waals surface area contributed by atoms with E-state index in [1.807, 2.05) is 18.2 Å². The van der Waals surface area contributed by atoms with Crippen molar-refractivity contribution in [3.05, 3.63) is 29.3 Å². The number of aryl methyl sites for hydroxylation is 2. The average Bonchev–Trinajstić information content (AvgIpc) is 2.41. The first kappa shape index (κ1) is 14.3. The van der Waals surface area contributed by atoms with Crippen LogP contribution in [0.1, 0.15) is 11.1 Å². The topological polar surface area (TPSA) is 43.1 Å². The Hall–Kier alpha value is -1.10. The first-order valence-corrected chi connectivity index (χ1v) is 6.94. The zero-order valence-corrected chi connectivity index (χ0v) is 11.8. The standard InChI is InChI=1S/C15H23NO3/c1-12-3-4-15(9-13(12)2)19-11-14(17)10-16-5-7-18-8-6-16/h3-4,9,14,17H,5-8,10-11H2,1-2H3/p+1/t14-/m0/s1. The molecule has 0 unspecified atom stereocenters. The van der Waals surface area contributed by atoms with Crippen LogP contribution in [-0.4, -0.2) is 50.7 Å². The van der Waals surface area contributed by atoms with Gasteiger partial charge in [0.1, 0.15) is 38.1 Å². The van der Waals surface area contributed by atoms with Crippen molar-refractivity contribution in [2.45, 2.75) is 20.0 Å². The van der Waals surface area contributed by atoms with E-state index >= 15 is 0 Å². The largest absolute Gasteiger partial charge is 0.491 e. The quantitative estimate of drug-likeness (QED) is 0.786. The Bertz CT molecular complexity index is 402. The van der Waals surface area contributed by atoms with Gasteiger partial charge >= 0.3 is 0 Å². The third-order valence-electron chi connectivity index (χ3n) is 3.64. The molecule has 1 fully saturated rings. The third kappa shape index (κ3) is 4.49. The lowest BCUT2D eigenvalue weighted by Gasteiger charge is -2.25. The average molecular weight is 266 g/mol. The molecule has 106 valence electrons. The number of ether oxygens (including phenoxy) is 2. The van der Waals surface area contributed by atoms with Crippen LogP contribution in [0.25, 0.3) is 0 Å². The van der Waals surface area contributed by atoms with Crippen molar-refractivity contribution in [3.63, 3.8) is 0 Å². The lowest BCUT2D eigenvalue weighted by molar-refractivity contribution is -0.911. The fraction of sp³-hybridized carbons (Fsp3) is 0.600. The highest BCUT2D eigenvalue weighted by atomic mass is 16.5. The molecule has 19 heavy (non-hydrogen) atoms. The van der Waals surface area contributed by atoms with Crippen LogP contribution in [0.3, 0.4) is 0 Å². The highest BCUT2D eigenvalue weighted by Crippen LogP contribution is 2.16. The van der Waals surface area contributed by atoms with Crippen LogP contribution in [0, 0.1) is 13.8 Å². The number of hydrogen-bond donors (Lipinski definition) is 2. The van der Waals surface area contributed by atoms with E-state index in [4.69, 9.17) is 9.47 Å². The second-order valence-corrected chi connectivity index (χ2v) is 5.28. The molecule has 2 N–H and O–H groups in total. The van der Waals surface area contributed by atoms with Crippen molar-refractivity contribution in [2.75, 3.05) is 39.5 Å². The molecule has 0 bridgehead atoms. The third-order valence-corrected chi connectivity index (χ3v) is 3.64. The molecule has 0 spiro atoms. The van der Waals surface area contributed by atoms with E-state index < -0.39 is 6.10 Å². The molecule has 0 saturated carbocycles. The second-order valence-electron chi connectivity index (χ2n) is 5.28. The van der Waals surface area contributed by atoms with Crippen LogP contribution in [-0.2, 0) is 4.74 Å². The van der Waals surface area contributed by atoms with E-state index in [9.17, 15) is 5.11 Å². The van der Waals surface area contributed by atoms with Gasteiger partial charge in [0.25, 0.3) is 0 Å². The maximum atomic E-state index is 10.00. The van der Waals surface area contributed by atoms with Crippen molar-refractivity contribution in [1.82, 2.24) is 0 Å². The number of hydrogen-bond acceptors (Lipinski definition) is 3. The van der Waals surface area contributed by atoms with Gasteiger partial charge in [-0.1, -0.05) is 6.07 Å². The predicted octanol–water partition coefficient (Wildman–Crippen LogP) is -0.0418. The minimum atomic E-state index is -0.422. The zero-order chi connectivity index (χ0) is 13.7. The molecule has 2 rings (SSSR count). The number of rotatable bonds is 5. The number of benzene rings is 1. The summed E-state index contributed by atoms with van der Waals surface area (Å²) >= 11 is 0. The summed E-state index contributed by atoms with van der Waals surface area (Å²) in [4.78, 5) is 1.39. The maximum absolute atomic E-state index is 10.00. The van der Waals surface area contributed by atoms with E-state index in [1.165, 1.54) is 16.0 Å². The Morgan fingerprint density at radius 3 is 2.68 bits per heavy atom. The fourth-order valence-corrected chi connectivity index (χ4v) is 2.25. The van der Waals surface area contributed by atoms with Crippen molar-refractivity contribution in [1.29, 1.82) is 0 Å². The monoisotopic (exact) mass is 266 g/mol. The van der Waals surface area contributed by atoms with Gasteiger partial charge in [-0.15, -0.1) is 0 Å². The van der Waals surface area contributed by atoms with E-state index in [2.05, 4.69) is 13.8 Å². The molecule has 1 aliphatic heterocycles. The van der Waals surface area contributed by atoms with Gasteiger partial charge in [-0.25, -0.2) is 0 Å². The van der Waals surface area contributed by atoms with Crippen LogP contribution in [0.2, 0.25) is 0 Å². The normalized spacial score (nSPS) is 18.3. The van der Waals surface area contributed by atoms with Gasteiger partial charge in [0, 0.05) is 0 Å². The molecular formula is C15H24NO3+. The number of aliphatic hydroxyl groups is 1. The first-order chi connectivity index (χ1) is 9.15. The predicted molar refractivity (Wildman–Crippen MR) is 73.8 cm³/mol. The van der Waals surface area contributed by atoms with Crippen molar-refractivity contribution < 1.29 is 19.5 Å². The molecule has 1 aromatic rings. The minimum Gasteiger partial charge on any atom is -0.491 e. The van der Waals surface area contributed by atoms with Crippen LogP contribution in [0.15, 0.2) is 18.2 Å². The molecule has 0 radical (unpaired) electrons. The van der Waals surface area contributed by atoms with Gasteiger partial charge in [0.2, 0.25) is 0 Å². The summed E-state index contributed by atoms with van der Waals surface area (Å²) in [5.74, 6) is 0.833. The highest BCUT2D eigenvalue weighted by molar-refractivity contribution is 5.33. The summed E-state index contributed by atoms with van der Waals surface area (Å²) in [5, 5.41) is 10.00. The summed E-state index contributed by atoms with van der Waals surface area (Å²) in [6.45, 7) is 8.76. The summed E-state index contributed by atoms with van der Waals surface area (Å²) in [5.41, 5.74) is 2.47. The van der Waals surface area contributed by atoms with E-state index in [0.29, 0.717) is 6.61 Å².